The van der Waals surface area contributed by atoms with Crippen molar-refractivity contribution in [3.05, 3.63) is 0 Å². The molecule has 0 spiro atoms. The molecule has 0 amide bonds. The molecule has 0 bridgehead atoms. The van der Waals surface area contributed by atoms with Crippen molar-refractivity contribution in [1.82, 2.24) is 5.32 Å². The molecule has 5 heteroatoms. The summed E-state index contributed by atoms with van der Waals surface area (Å²) in [6.07, 6.45) is -3.79. The Kier molecular flexibility index (Phi) is 2.37. The first kappa shape index (κ1) is 10.8. The molecule has 0 aromatic rings. The molecular formula is C8H15F3N2. The van der Waals surface area contributed by atoms with Crippen LogP contribution in [0.25, 0.3) is 0 Å². The molecule has 0 radical (unpaired) electrons. The maximum atomic E-state index is 12.4. The number of nitrogens with one attached hydrogen (secondary N) is 1. The van der Waals surface area contributed by atoms with E-state index in [9.17, 15) is 13.2 Å². The third-order valence-electron chi connectivity index (χ3n) is 2.18. The van der Waals surface area contributed by atoms with Crippen molar-refractivity contribution in [1.29, 1.82) is 0 Å². The molecule has 1 aliphatic rings. The molecule has 0 aromatic carbocycles. The molecule has 0 saturated heterocycles. The van der Waals surface area contributed by atoms with Gasteiger partial charge in [-0.15, -0.1) is 0 Å². The molecule has 0 heterocycles. The number of rotatable bonds is 3. The van der Waals surface area contributed by atoms with Crippen LogP contribution in [0, 0.1) is 0 Å². The highest BCUT2D eigenvalue weighted by molar-refractivity contribution is 5.08. The summed E-state index contributed by atoms with van der Waals surface area (Å²) in [5.41, 5.74) is 3.35. The van der Waals surface area contributed by atoms with Crippen LogP contribution in [-0.2, 0) is 0 Å². The highest BCUT2D eigenvalue weighted by atomic mass is 19.4. The van der Waals surface area contributed by atoms with E-state index < -0.39 is 17.3 Å². The van der Waals surface area contributed by atoms with Gasteiger partial charge in [-0.3, -0.25) is 0 Å². The number of hydrogen-bond acceptors (Lipinski definition) is 2. The Hall–Kier alpha value is -0.290. The Balaban J connectivity index is 2.46. The van der Waals surface area contributed by atoms with Crippen molar-refractivity contribution < 1.29 is 13.2 Å². The van der Waals surface area contributed by atoms with E-state index in [1.807, 2.05) is 0 Å². The van der Waals surface area contributed by atoms with Crippen LogP contribution in [0.4, 0.5) is 13.2 Å². The first-order chi connectivity index (χ1) is 5.66. The normalized spacial score (nSPS) is 21.7. The largest absolute Gasteiger partial charge is 0.406 e. The zero-order chi connectivity index (χ0) is 10.3. The molecule has 13 heavy (non-hydrogen) atoms. The highest BCUT2D eigenvalue weighted by Crippen LogP contribution is 2.48. The SMILES string of the molecule is CC(C)(N)CNC1(C(F)(F)F)CC1. The zero-order valence-corrected chi connectivity index (χ0v) is 7.83. The fourth-order valence-electron chi connectivity index (χ4n) is 1.08. The third-order valence-corrected chi connectivity index (χ3v) is 2.18. The molecule has 1 fully saturated rings. The maximum absolute atomic E-state index is 12.4. The van der Waals surface area contributed by atoms with Gasteiger partial charge in [0, 0.05) is 12.1 Å². The van der Waals surface area contributed by atoms with E-state index in [1.54, 1.807) is 13.8 Å². The van der Waals surface area contributed by atoms with Crippen LogP contribution in [0.5, 0.6) is 0 Å². The quantitative estimate of drug-likeness (QED) is 0.716. The molecule has 2 nitrogen and oxygen atoms in total. The molecule has 1 rings (SSSR count). The molecule has 1 aliphatic carbocycles. The van der Waals surface area contributed by atoms with Crippen LogP contribution in [0.15, 0.2) is 0 Å². The number of alkyl halides is 3. The van der Waals surface area contributed by atoms with Gasteiger partial charge in [-0.1, -0.05) is 0 Å². The summed E-state index contributed by atoms with van der Waals surface area (Å²) in [5.74, 6) is 0. The summed E-state index contributed by atoms with van der Waals surface area (Å²) in [7, 11) is 0. The zero-order valence-electron chi connectivity index (χ0n) is 7.83. The Bertz CT molecular complexity index is 189. The summed E-state index contributed by atoms with van der Waals surface area (Å²) < 4.78 is 37.1. The van der Waals surface area contributed by atoms with Gasteiger partial charge in [-0.2, -0.15) is 13.2 Å². The van der Waals surface area contributed by atoms with Gasteiger partial charge in [0.05, 0.1) is 0 Å². The van der Waals surface area contributed by atoms with Gasteiger partial charge in [0.1, 0.15) is 5.54 Å². The lowest BCUT2D eigenvalue weighted by Crippen LogP contribution is -2.52. The summed E-state index contributed by atoms with van der Waals surface area (Å²) >= 11 is 0. The predicted octanol–water partition coefficient (Wildman–Crippen LogP) is 1.41. The highest BCUT2D eigenvalue weighted by Gasteiger charge is 2.63. The molecule has 3 N–H and O–H groups in total. The van der Waals surface area contributed by atoms with E-state index in [1.165, 1.54) is 0 Å². The third kappa shape index (κ3) is 2.57. The first-order valence-electron chi connectivity index (χ1n) is 4.27. The van der Waals surface area contributed by atoms with Gasteiger partial charge in [-0.05, 0) is 26.7 Å². The van der Waals surface area contributed by atoms with Crippen LogP contribution in [0.1, 0.15) is 26.7 Å². The van der Waals surface area contributed by atoms with E-state index in [0.29, 0.717) is 0 Å². The minimum atomic E-state index is -4.14. The lowest BCUT2D eigenvalue weighted by Gasteiger charge is -2.26. The van der Waals surface area contributed by atoms with E-state index in [0.717, 1.165) is 0 Å². The van der Waals surface area contributed by atoms with Gasteiger partial charge < -0.3 is 11.1 Å². The van der Waals surface area contributed by atoms with E-state index >= 15 is 0 Å². The smallest absolute Gasteiger partial charge is 0.324 e. The van der Waals surface area contributed by atoms with Crippen molar-refractivity contribution in [2.75, 3.05) is 6.54 Å². The fourth-order valence-corrected chi connectivity index (χ4v) is 1.08. The Morgan fingerprint density at radius 2 is 1.77 bits per heavy atom. The van der Waals surface area contributed by atoms with Crippen LogP contribution >= 0.6 is 0 Å². The van der Waals surface area contributed by atoms with Crippen molar-refractivity contribution in [3.63, 3.8) is 0 Å². The van der Waals surface area contributed by atoms with Crippen LogP contribution in [0.2, 0.25) is 0 Å². The molecule has 0 aliphatic heterocycles. The minimum Gasteiger partial charge on any atom is -0.324 e. The van der Waals surface area contributed by atoms with Gasteiger partial charge in [0.2, 0.25) is 0 Å². The van der Waals surface area contributed by atoms with Crippen molar-refractivity contribution in [3.8, 4) is 0 Å². The predicted molar refractivity (Wildman–Crippen MR) is 44.3 cm³/mol. The number of nitrogens with two attached hydrogens (primary N) is 1. The van der Waals surface area contributed by atoms with Gasteiger partial charge in [0.15, 0.2) is 0 Å². The molecular weight excluding hydrogens is 181 g/mol. The lowest BCUT2D eigenvalue weighted by molar-refractivity contribution is -0.166. The number of hydrogen-bond donors (Lipinski definition) is 2. The second kappa shape index (κ2) is 2.85. The molecule has 1 saturated carbocycles. The van der Waals surface area contributed by atoms with Crippen molar-refractivity contribution >= 4 is 0 Å². The molecule has 0 unspecified atom stereocenters. The van der Waals surface area contributed by atoms with Crippen molar-refractivity contribution in [2.45, 2.75) is 43.9 Å². The Labute approximate surface area is 75.7 Å². The number of halogens is 3. The van der Waals surface area contributed by atoms with Gasteiger partial charge >= 0.3 is 6.18 Å². The fraction of sp³-hybridized carbons (Fsp3) is 1.00. The summed E-state index contributed by atoms with van der Waals surface area (Å²) in [5, 5.41) is 2.50. The van der Waals surface area contributed by atoms with Gasteiger partial charge in [-0.25, -0.2) is 0 Å². The van der Waals surface area contributed by atoms with Crippen molar-refractivity contribution in [2.24, 2.45) is 5.73 Å². The molecule has 0 aromatic heterocycles. The maximum Gasteiger partial charge on any atom is 0.406 e. The van der Waals surface area contributed by atoms with Crippen LogP contribution < -0.4 is 11.1 Å². The lowest BCUT2D eigenvalue weighted by atomic mass is 10.1. The van der Waals surface area contributed by atoms with E-state index in [4.69, 9.17) is 5.73 Å². The second-order valence-corrected chi connectivity index (χ2v) is 4.42. The second-order valence-electron chi connectivity index (χ2n) is 4.42. The summed E-state index contributed by atoms with van der Waals surface area (Å²) in [6, 6.07) is 0. The van der Waals surface area contributed by atoms with E-state index in [2.05, 4.69) is 5.32 Å². The topological polar surface area (TPSA) is 38.0 Å². The Morgan fingerprint density at radius 3 is 2.00 bits per heavy atom. The van der Waals surface area contributed by atoms with Gasteiger partial charge in [0.25, 0.3) is 0 Å². The monoisotopic (exact) mass is 196 g/mol. The van der Waals surface area contributed by atoms with Crippen LogP contribution in [-0.4, -0.2) is 23.8 Å². The first-order valence-corrected chi connectivity index (χ1v) is 4.27. The average molecular weight is 196 g/mol. The molecule has 0 atom stereocenters. The summed E-state index contributed by atoms with van der Waals surface area (Å²) in [6.45, 7) is 3.59. The summed E-state index contributed by atoms with van der Waals surface area (Å²) in [4.78, 5) is 0. The average Bonchev–Trinajstić information content (AvgIpc) is 2.58. The minimum absolute atomic E-state index is 0.173. The van der Waals surface area contributed by atoms with Crippen LogP contribution in [0.3, 0.4) is 0 Å². The molecule has 78 valence electrons. The van der Waals surface area contributed by atoms with E-state index in [-0.39, 0.29) is 19.4 Å². The standard InChI is InChI=1S/C8H15F3N2/c1-6(2,12)5-13-7(3-4-7)8(9,10)11/h13H,3-5,12H2,1-2H3. The Morgan fingerprint density at radius 1 is 1.31 bits per heavy atom.